The molecule has 0 saturated carbocycles. The number of oxime groups is 1. The van der Waals surface area contributed by atoms with Gasteiger partial charge in [-0.15, -0.1) is 0 Å². The molecule has 0 aliphatic heterocycles. The predicted molar refractivity (Wildman–Crippen MR) is 71.8 cm³/mol. The minimum Gasteiger partial charge on any atom is -0.469 e. The topological polar surface area (TPSA) is 74.8 Å². The molecule has 0 fully saturated rings. The predicted octanol–water partition coefficient (Wildman–Crippen LogP) is 3.04. The number of aryl methyl sites for hydroxylation is 1. The zero-order valence-corrected chi connectivity index (χ0v) is 10.7. The lowest BCUT2D eigenvalue weighted by Crippen LogP contribution is -2.11. The number of carbonyl (C=O) groups is 1. The molecule has 0 bridgehead atoms. The highest BCUT2D eigenvalue weighted by Crippen LogP contribution is 2.14. The molecule has 1 heterocycles. The normalized spacial score (nSPS) is 11.4. The van der Waals surface area contributed by atoms with E-state index in [1.165, 1.54) is 6.26 Å². The number of furan rings is 1. The van der Waals surface area contributed by atoms with Crippen molar-refractivity contribution in [2.24, 2.45) is 5.16 Å². The zero-order chi connectivity index (χ0) is 13.8. The van der Waals surface area contributed by atoms with Crippen molar-refractivity contribution in [2.45, 2.75) is 13.8 Å². The SMILES string of the molecule is C/C(=N/O)c1cccc(NC(=O)c2coc(C)c2)c1. The van der Waals surface area contributed by atoms with Crippen molar-refractivity contribution in [2.75, 3.05) is 5.32 Å². The molecule has 2 aromatic rings. The molecule has 1 amide bonds. The lowest BCUT2D eigenvalue weighted by atomic mass is 10.1. The fourth-order valence-corrected chi connectivity index (χ4v) is 1.65. The van der Waals surface area contributed by atoms with Crippen molar-refractivity contribution in [3.05, 3.63) is 53.5 Å². The molecular weight excluding hydrogens is 244 g/mol. The Kier molecular flexibility index (Phi) is 3.66. The van der Waals surface area contributed by atoms with Gasteiger partial charge in [0.15, 0.2) is 0 Å². The average Bonchev–Trinajstić information content (AvgIpc) is 2.85. The number of nitrogens with zero attached hydrogens (tertiary/aromatic N) is 1. The second-order valence-corrected chi connectivity index (χ2v) is 4.17. The van der Waals surface area contributed by atoms with Crippen molar-refractivity contribution >= 4 is 17.3 Å². The molecule has 0 spiro atoms. The number of amides is 1. The van der Waals surface area contributed by atoms with Gasteiger partial charge in [-0.3, -0.25) is 4.79 Å². The van der Waals surface area contributed by atoms with Gasteiger partial charge >= 0.3 is 0 Å². The maximum atomic E-state index is 11.9. The summed E-state index contributed by atoms with van der Waals surface area (Å²) in [5.41, 5.74) is 2.32. The Balaban J connectivity index is 2.17. The van der Waals surface area contributed by atoms with E-state index < -0.39 is 0 Å². The van der Waals surface area contributed by atoms with Crippen LogP contribution in [0.2, 0.25) is 0 Å². The molecule has 5 nitrogen and oxygen atoms in total. The van der Waals surface area contributed by atoms with Crippen LogP contribution in [0.15, 0.2) is 46.2 Å². The van der Waals surface area contributed by atoms with Crippen LogP contribution in [0.5, 0.6) is 0 Å². The Labute approximate surface area is 110 Å². The second kappa shape index (κ2) is 5.39. The molecule has 2 N–H and O–H groups in total. The van der Waals surface area contributed by atoms with Crippen LogP contribution in [0, 0.1) is 6.92 Å². The fourth-order valence-electron chi connectivity index (χ4n) is 1.65. The highest BCUT2D eigenvalue weighted by Gasteiger charge is 2.09. The van der Waals surface area contributed by atoms with E-state index in [9.17, 15) is 4.79 Å². The summed E-state index contributed by atoms with van der Waals surface area (Å²) in [6.45, 7) is 3.46. The third kappa shape index (κ3) is 3.01. The molecular formula is C14H14N2O3. The second-order valence-electron chi connectivity index (χ2n) is 4.17. The van der Waals surface area contributed by atoms with Gasteiger partial charge in [-0.1, -0.05) is 17.3 Å². The van der Waals surface area contributed by atoms with E-state index in [-0.39, 0.29) is 5.91 Å². The molecule has 19 heavy (non-hydrogen) atoms. The van der Waals surface area contributed by atoms with E-state index in [1.54, 1.807) is 44.2 Å². The smallest absolute Gasteiger partial charge is 0.258 e. The van der Waals surface area contributed by atoms with E-state index in [2.05, 4.69) is 10.5 Å². The minimum atomic E-state index is -0.243. The first-order chi connectivity index (χ1) is 9.10. The van der Waals surface area contributed by atoms with Gasteiger partial charge < -0.3 is 14.9 Å². The molecule has 98 valence electrons. The number of benzene rings is 1. The minimum absolute atomic E-state index is 0.243. The first-order valence-corrected chi connectivity index (χ1v) is 5.75. The van der Waals surface area contributed by atoms with E-state index >= 15 is 0 Å². The molecule has 0 aliphatic carbocycles. The van der Waals surface area contributed by atoms with Crippen LogP contribution in [0.25, 0.3) is 0 Å². The van der Waals surface area contributed by atoms with Gasteiger partial charge in [0, 0.05) is 11.3 Å². The van der Waals surface area contributed by atoms with Crippen molar-refractivity contribution < 1.29 is 14.4 Å². The van der Waals surface area contributed by atoms with Crippen LogP contribution in [0.1, 0.15) is 28.6 Å². The maximum absolute atomic E-state index is 11.9. The van der Waals surface area contributed by atoms with Crippen molar-refractivity contribution in [1.29, 1.82) is 0 Å². The Morgan fingerprint density at radius 2 is 2.11 bits per heavy atom. The summed E-state index contributed by atoms with van der Waals surface area (Å²) in [6.07, 6.45) is 1.41. The monoisotopic (exact) mass is 258 g/mol. The van der Waals surface area contributed by atoms with Gasteiger partial charge in [-0.25, -0.2) is 0 Å². The molecule has 0 saturated heterocycles. The van der Waals surface area contributed by atoms with Crippen molar-refractivity contribution in [1.82, 2.24) is 0 Å². The molecule has 0 radical (unpaired) electrons. The van der Waals surface area contributed by atoms with E-state index in [0.29, 0.717) is 22.7 Å². The van der Waals surface area contributed by atoms with Crippen LogP contribution in [-0.4, -0.2) is 16.8 Å². The Morgan fingerprint density at radius 3 is 2.74 bits per heavy atom. The number of hydrogen-bond donors (Lipinski definition) is 2. The highest BCUT2D eigenvalue weighted by atomic mass is 16.4. The van der Waals surface area contributed by atoms with Crippen molar-refractivity contribution in [3.8, 4) is 0 Å². The lowest BCUT2D eigenvalue weighted by molar-refractivity contribution is 0.102. The Hall–Kier alpha value is -2.56. The summed E-state index contributed by atoms with van der Waals surface area (Å²) in [5.74, 6) is 0.440. The fraction of sp³-hybridized carbons (Fsp3) is 0.143. The Bertz CT molecular complexity index is 629. The first kappa shape index (κ1) is 12.9. The third-order valence-corrected chi connectivity index (χ3v) is 2.68. The molecule has 0 unspecified atom stereocenters. The van der Waals surface area contributed by atoms with Gasteiger partial charge in [0.1, 0.15) is 12.0 Å². The number of hydrogen-bond acceptors (Lipinski definition) is 4. The molecule has 5 heteroatoms. The number of anilines is 1. The molecule has 0 aliphatic rings. The largest absolute Gasteiger partial charge is 0.469 e. The molecule has 2 rings (SSSR count). The van der Waals surface area contributed by atoms with E-state index in [1.807, 2.05) is 0 Å². The standard InChI is InChI=1S/C14H14N2O3/c1-9-6-12(8-19-9)14(17)15-13-5-3-4-11(7-13)10(2)16-18/h3-8,18H,1-2H3,(H,15,17)/b16-10-. The summed E-state index contributed by atoms with van der Waals surface area (Å²) in [7, 11) is 0. The summed E-state index contributed by atoms with van der Waals surface area (Å²) < 4.78 is 5.09. The van der Waals surface area contributed by atoms with Crippen LogP contribution in [0.4, 0.5) is 5.69 Å². The number of carbonyl (C=O) groups excluding carboxylic acids is 1. The summed E-state index contributed by atoms with van der Waals surface area (Å²) in [6, 6.07) is 8.74. The van der Waals surface area contributed by atoms with Gasteiger partial charge in [-0.05, 0) is 32.0 Å². The van der Waals surface area contributed by atoms with Crippen LogP contribution >= 0.6 is 0 Å². The van der Waals surface area contributed by atoms with Crippen LogP contribution in [-0.2, 0) is 0 Å². The van der Waals surface area contributed by atoms with Gasteiger partial charge in [0.2, 0.25) is 0 Å². The maximum Gasteiger partial charge on any atom is 0.258 e. The summed E-state index contributed by atoms with van der Waals surface area (Å²) in [4.78, 5) is 11.9. The quantitative estimate of drug-likeness (QED) is 0.504. The van der Waals surface area contributed by atoms with Crippen LogP contribution in [0.3, 0.4) is 0 Å². The van der Waals surface area contributed by atoms with E-state index in [0.717, 1.165) is 5.56 Å². The average molecular weight is 258 g/mol. The summed E-state index contributed by atoms with van der Waals surface area (Å²) >= 11 is 0. The zero-order valence-electron chi connectivity index (χ0n) is 10.7. The van der Waals surface area contributed by atoms with Gasteiger partial charge in [-0.2, -0.15) is 0 Å². The third-order valence-electron chi connectivity index (χ3n) is 2.68. The summed E-state index contributed by atoms with van der Waals surface area (Å²) in [5, 5.41) is 14.6. The highest BCUT2D eigenvalue weighted by molar-refractivity contribution is 6.05. The Morgan fingerprint density at radius 1 is 1.32 bits per heavy atom. The number of rotatable bonds is 3. The van der Waals surface area contributed by atoms with E-state index in [4.69, 9.17) is 9.62 Å². The van der Waals surface area contributed by atoms with Gasteiger partial charge in [0.05, 0.1) is 11.3 Å². The lowest BCUT2D eigenvalue weighted by Gasteiger charge is -2.05. The number of nitrogens with one attached hydrogen (secondary N) is 1. The van der Waals surface area contributed by atoms with Crippen molar-refractivity contribution in [3.63, 3.8) is 0 Å². The van der Waals surface area contributed by atoms with Gasteiger partial charge in [0.25, 0.3) is 5.91 Å². The molecule has 1 aromatic heterocycles. The first-order valence-electron chi connectivity index (χ1n) is 5.75. The van der Waals surface area contributed by atoms with Crippen LogP contribution < -0.4 is 5.32 Å². The molecule has 1 aromatic carbocycles. The molecule has 0 atom stereocenters.